The Hall–Kier alpha value is -2.08. The minimum absolute atomic E-state index is 1.17. The second-order valence-corrected chi connectivity index (χ2v) is 5.47. The summed E-state index contributed by atoms with van der Waals surface area (Å²) in [6, 6.07) is 13.1. The minimum Gasteiger partial charge on any atom is -0.0985 e. The molecular formula is C20H22. The summed E-state index contributed by atoms with van der Waals surface area (Å²) in [6.07, 6.45) is 4.16. The van der Waals surface area contributed by atoms with E-state index >= 15 is 0 Å². The summed E-state index contributed by atoms with van der Waals surface area (Å²) >= 11 is 0. The highest BCUT2D eigenvalue weighted by Crippen LogP contribution is 2.24. The molecular weight excluding hydrogens is 240 g/mol. The summed E-state index contributed by atoms with van der Waals surface area (Å²) in [4.78, 5) is 0. The molecule has 0 aliphatic heterocycles. The molecule has 0 radical (unpaired) electrons. The van der Waals surface area contributed by atoms with Gasteiger partial charge in [-0.05, 0) is 61.1 Å². The van der Waals surface area contributed by atoms with Gasteiger partial charge in [-0.15, -0.1) is 0 Å². The maximum atomic E-state index is 3.82. The van der Waals surface area contributed by atoms with Crippen molar-refractivity contribution in [2.45, 2.75) is 27.7 Å². The van der Waals surface area contributed by atoms with Crippen LogP contribution in [0.1, 0.15) is 40.3 Å². The summed E-state index contributed by atoms with van der Waals surface area (Å²) in [5, 5.41) is 0. The van der Waals surface area contributed by atoms with Crippen molar-refractivity contribution in [2.24, 2.45) is 0 Å². The normalized spacial score (nSPS) is 11.5. The summed E-state index contributed by atoms with van der Waals surface area (Å²) in [7, 11) is 0. The molecule has 0 aliphatic carbocycles. The number of rotatable bonds is 3. The van der Waals surface area contributed by atoms with Gasteiger partial charge in [0, 0.05) is 0 Å². The van der Waals surface area contributed by atoms with Gasteiger partial charge in [0.15, 0.2) is 0 Å². The van der Waals surface area contributed by atoms with E-state index in [1.165, 1.54) is 39.0 Å². The average molecular weight is 262 g/mol. The Labute approximate surface area is 122 Å². The van der Waals surface area contributed by atoms with E-state index in [1.54, 1.807) is 0 Å². The fourth-order valence-corrected chi connectivity index (χ4v) is 2.55. The number of hydrogen-bond acceptors (Lipinski definition) is 0. The lowest BCUT2D eigenvalue weighted by molar-refractivity contribution is 1.36. The zero-order valence-electron chi connectivity index (χ0n) is 12.8. The van der Waals surface area contributed by atoms with Crippen LogP contribution in [0.2, 0.25) is 0 Å². The monoisotopic (exact) mass is 262 g/mol. The second kappa shape index (κ2) is 5.92. The molecule has 0 atom stereocenters. The summed E-state index contributed by atoms with van der Waals surface area (Å²) in [5.74, 6) is 0. The second-order valence-electron chi connectivity index (χ2n) is 5.47. The predicted molar refractivity (Wildman–Crippen MR) is 90.7 cm³/mol. The molecule has 0 saturated heterocycles. The Morgan fingerprint density at radius 2 is 1.70 bits per heavy atom. The molecule has 0 N–H and O–H groups in total. The third-order valence-electron chi connectivity index (χ3n) is 3.71. The molecule has 0 bridgehead atoms. The van der Waals surface area contributed by atoms with Crippen molar-refractivity contribution in [3.63, 3.8) is 0 Å². The first-order chi connectivity index (χ1) is 9.51. The maximum absolute atomic E-state index is 3.82. The highest BCUT2D eigenvalue weighted by molar-refractivity contribution is 5.82. The lowest BCUT2D eigenvalue weighted by Crippen LogP contribution is -1.88. The standard InChI is InChI=1S/C20H22/c1-6-18-8-10-20(16(4)12-18)17(5)13-19-9-7-14(2)11-15(19)3/h6-13H,1H2,2-5H3/b17-13+. The van der Waals surface area contributed by atoms with E-state index in [-0.39, 0.29) is 0 Å². The Bertz CT molecular complexity index is 672. The molecule has 0 spiro atoms. The van der Waals surface area contributed by atoms with Crippen LogP contribution in [0.25, 0.3) is 17.7 Å². The van der Waals surface area contributed by atoms with Gasteiger partial charge < -0.3 is 0 Å². The van der Waals surface area contributed by atoms with Gasteiger partial charge in [0.2, 0.25) is 0 Å². The van der Waals surface area contributed by atoms with Crippen LogP contribution in [0.4, 0.5) is 0 Å². The first-order valence-electron chi connectivity index (χ1n) is 7.00. The Balaban J connectivity index is 2.42. The van der Waals surface area contributed by atoms with Crippen LogP contribution in [0.15, 0.2) is 43.0 Å². The summed E-state index contributed by atoms with van der Waals surface area (Å²) in [5.41, 5.74) is 8.99. The fourth-order valence-electron chi connectivity index (χ4n) is 2.55. The van der Waals surface area contributed by atoms with Crippen LogP contribution in [0.5, 0.6) is 0 Å². The molecule has 0 heteroatoms. The zero-order chi connectivity index (χ0) is 14.7. The number of hydrogen-bond donors (Lipinski definition) is 0. The molecule has 0 fully saturated rings. The van der Waals surface area contributed by atoms with Gasteiger partial charge in [0.05, 0.1) is 0 Å². The molecule has 0 aliphatic rings. The Morgan fingerprint density at radius 1 is 0.950 bits per heavy atom. The topological polar surface area (TPSA) is 0 Å². The SMILES string of the molecule is C=Cc1ccc(/C(C)=C/c2ccc(C)cc2C)c(C)c1. The smallest absolute Gasteiger partial charge is 0.0197 e. The van der Waals surface area contributed by atoms with Crippen LogP contribution in [-0.4, -0.2) is 0 Å². The molecule has 0 amide bonds. The van der Waals surface area contributed by atoms with Crippen molar-refractivity contribution in [2.75, 3.05) is 0 Å². The molecule has 2 aromatic carbocycles. The zero-order valence-corrected chi connectivity index (χ0v) is 12.8. The van der Waals surface area contributed by atoms with E-state index in [9.17, 15) is 0 Å². The van der Waals surface area contributed by atoms with Gasteiger partial charge in [-0.3, -0.25) is 0 Å². The van der Waals surface area contributed by atoms with E-state index < -0.39 is 0 Å². The lowest BCUT2D eigenvalue weighted by atomic mass is 9.96. The Morgan fingerprint density at radius 3 is 2.30 bits per heavy atom. The van der Waals surface area contributed by atoms with Crippen molar-refractivity contribution < 1.29 is 0 Å². The maximum Gasteiger partial charge on any atom is -0.0197 e. The van der Waals surface area contributed by atoms with Gasteiger partial charge in [-0.2, -0.15) is 0 Å². The molecule has 2 aromatic rings. The van der Waals surface area contributed by atoms with Crippen LogP contribution >= 0.6 is 0 Å². The van der Waals surface area contributed by atoms with E-state index in [0.717, 1.165) is 0 Å². The Kier molecular flexibility index (Phi) is 4.24. The fraction of sp³-hybridized carbons (Fsp3) is 0.200. The first-order valence-corrected chi connectivity index (χ1v) is 7.00. The molecule has 0 saturated carbocycles. The minimum atomic E-state index is 1.17. The van der Waals surface area contributed by atoms with Crippen LogP contribution in [0, 0.1) is 20.8 Å². The number of allylic oxidation sites excluding steroid dienone is 1. The number of benzene rings is 2. The lowest BCUT2D eigenvalue weighted by Gasteiger charge is -2.09. The molecule has 2 rings (SSSR count). The third-order valence-corrected chi connectivity index (χ3v) is 3.71. The quantitative estimate of drug-likeness (QED) is 0.612. The largest absolute Gasteiger partial charge is 0.0985 e. The first kappa shape index (κ1) is 14.3. The van der Waals surface area contributed by atoms with Gasteiger partial charge >= 0.3 is 0 Å². The van der Waals surface area contributed by atoms with Crippen LogP contribution in [0.3, 0.4) is 0 Å². The van der Waals surface area contributed by atoms with Crippen molar-refractivity contribution in [1.82, 2.24) is 0 Å². The molecule has 0 aromatic heterocycles. The van der Waals surface area contributed by atoms with Crippen molar-refractivity contribution in [3.05, 3.63) is 76.4 Å². The van der Waals surface area contributed by atoms with E-state index in [2.05, 4.69) is 76.7 Å². The van der Waals surface area contributed by atoms with E-state index in [1.807, 2.05) is 6.08 Å². The molecule has 0 heterocycles. The predicted octanol–water partition coefficient (Wildman–Crippen LogP) is 5.82. The molecule has 0 nitrogen and oxygen atoms in total. The van der Waals surface area contributed by atoms with Crippen molar-refractivity contribution in [1.29, 1.82) is 0 Å². The van der Waals surface area contributed by atoms with Gasteiger partial charge in [-0.1, -0.05) is 60.7 Å². The molecule has 0 unspecified atom stereocenters. The van der Waals surface area contributed by atoms with Crippen LogP contribution < -0.4 is 0 Å². The third kappa shape index (κ3) is 3.08. The van der Waals surface area contributed by atoms with Crippen molar-refractivity contribution >= 4 is 17.7 Å². The molecule has 102 valence electrons. The molecule has 20 heavy (non-hydrogen) atoms. The van der Waals surface area contributed by atoms with Gasteiger partial charge in [-0.25, -0.2) is 0 Å². The average Bonchev–Trinajstić information content (AvgIpc) is 2.41. The van der Waals surface area contributed by atoms with Crippen LogP contribution in [-0.2, 0) is 0 Å². The van der Waals surface area contributed by atoms with Crippen molar-refractivity contribution in [3.8, 4) is 0 Å². The van der Waals surface area contributed by atoms with Gasteiger partial charge in [0.25, 0.3) is 0 Å². The van der Waals surface area contributed by atoms with E-state index in [0.29, 0.717) is 0 Å². The summed E-state index contributed by atoms with van der Waals surface area (Å²) in [6.45, 7) is 12.4. The van der Waals surface area contributed by atoms with E-state index in [4.69, 9.17) is 0 Å². The number of aryl methyl sites for hydroxylation is 3. The highest BCUT2D eigenvalue weighted by Gasteiger charge is 2.03. The highest BCUT2D eigenvalue weighted by atomic mass is 14.1. The van der Waals surface area contributed by atoms with Gasteiger partial charge in [0.1, 0.15) is 0 Å². The summed E-state index contributed by atoms with van der Waals surface area (Å²) < 4.78 is 0.